The third-order valence-electron chi connectivity index (χ3n) is 2.42. The number of hydrogen-bond donors (Lipinski definition) is 1. The maximum atomic E-state index is 12.0. The second-order valence-corrected chi connectivity index (χ2v) is 5.29. The highest BCUT2D eigenvalue weighted by Crippen LogP contribution is 2.13. The van der Waals surface area contributed by atoms with Gasteiger partial charge in [0.1, 0.15) is 0 Å². The van der Waals surface area contributed by atoms with Crippen LogP contribution in [0.15, 0.2) is 41.6 Å². The molecule has 0 saturated carbocycles. The molecule has 0 aliphatic heterocycles. The van der Waals surface area contributed by atoms with Crippen LogP contribution in [-0.4, -0.2) is 25.1 Å². The number of carbonyl (C=O) groups is 1. The van der Waals surface area contributed by atoms with Gasteiger partial charge in [-0.1, -0.05) is 0 Å². The van der Waals surface area contributed by atoms with Crippen LogP contribution in [0.1, 0.15) is 15.9 Å². The van der Waals surface area contributed by atoms with Gasteiger partial charge in [0.05, 0.1) is 28.3 Å². The van der Waals surface area contributed by atoms with Gasteiger partial charge < -0.3 is 5.11 Å². The number of aromatic carboxylic acids is 1. The molecular formula is C12H12N2O3S. The molecular weight excluding hydrogens is 252 g/mol. The normalized spacial score (nSPS) is 12.3. The molecule has 1 aromatic heterocycles. The number of carboxylic acids is 1. The van der Waals surface area contributed by atoms with E-state index in [-0.39, 0.29) is 5.56 Å². The Morgan fingerprint density at radius 1 is 1.39 bits per heavy atom. The predicted octanol–water partition coefficient (Wildman–Crippen LogP) is 1.43. The summed E-state index contributed by atoms with van der Waals surface area (Å²) in [5, 5.41) is 12.8. The second-order valence-electron chi connectivity index (χ2n) is 3.84. The average molecular weight is 264 g/mol. The van der Waals surface area contributed by atoms with E-state index >= 15 is 0 Å². The lowest BCUT2D eigenvalue weighted by molar-refractivity contribution is 0.0697. The summed E-state index contributed by atoms with van der Waals surface area (Å²) in [6.45, 7) is 0. The van der Waals surface area contributed by atoms with Crippen molar-refractivity contribution in [3.05, 3.63) is 47.8 Å². The first-order valence-electron chi connectivity index (χ1n) is 5.25. The van der Waals surface area contributed by atoms with Crippen molar-refractivity contribution in [1.82, 2.24) is 9.78 Å². The van der Waals surface area contributed by atoms with Crippen LogP contribution in [0.5, 0.6) is 0 Å². The lowest BCUT2D eigenvalue weighted by atomic mass is 10.2. The minimum absolute atomic E-state index is 0.192. The highest BCUT2D eigenvalue weighted by molar-refractivity contribution is 7.84. The smallest absolute Gasteiger partial charge is 0.335 e. The Labute approximate surface area is 107 Å². The number of hydrogen-bond acceptors (Lipinski definition) is 3. The average Bonchev–Trinajstić information content (AvgIpc) is 2.75. The van der Waals surface area contributed by atoms with E-state index in [4.69, 9.17) is 5.11 Å². The zero-order valence-electron chi connectivity index (χ0n) is 9.74. The number of carboxylic acid groups (broad SMARTS) is 1. The summed E-state index contributed by atoms with van der Waals surface area (Å²) >= 11 is 0. The van der Waals surface area contributed by atoms with Crippen molar-refractivity contribution in [3.63, 3.8) is 0 Å². The van der Waals surface area contributed by atoms with E-state index in [9.17, 15) is 9.00 Å². The first-order valence-corrected chi connectivity index (χ1v) is 6.57. The molecule has 0 spiro atoms. The van der Waals surface area contributed by atoms with Gasteiger partial charge in [-0.05, 0) is 24.3 Å². The van der Waals surface area contributed by atoms with Gasteiger partial charge in [0.2, 0.25) is 0 Å². The van der Waals surface area contributed by atoms with Crippen LogP contribution in [0.25, 0.3) is 0 Å². The Hall–Kier alpha value is -1.95. The Balaban J connectivity index is 2.11. The second kappa shape index (κ2) is 5.14. The van der Waals surface area contributed by atoms with Crippen molar-refractivity contribution >= 4 is 16.8 Å². The zero-order chi connectivity index (χ0) is 13.1. The Bertz CT molecular complexity index is 590. The first kappa shape index (κ1) is 12.5. The molecule has 94 valence electrons. The van der Waals surface area contributed by atoms with E-state index in [2.05, 4.69) is 5.10 Å². The third kappa shape index (κ3) is 2.84. The van der Waals surface area contributed by atoms with Crippen molar-refractivity contribution in [1.29, 1.82) is 0 Å². The molecule has 0 saturated heterocycles. The summed E-state index contributed by atoms with van der Waals surface area (Å²) < 4.78 is 13.7. The summed E-state index contributed by atoms with van der Waals surface area (Å²) in [6, 6.07) is 6.07. The Kier molecular flexibility index (Phi) is 3.57. The lowest BCUT2D eigenvalue weighted by Gasteiger charge is -2.01. The fraction of sp³-hybridized carbons (Fsp3) is 0.167. The van der Waals surface area contributed by atoms with Gasteiger partial charge in [0.25, 0.3) is 0 Å². The van der Waals surface area contributed by atoms with Crippen LogP contribution < -0.4 is 0 Å². The van der Waals surface area contributed by atoms with Gasteiger partial charge >= 0.3 is 5.97 Å². The molecule has 1 aromatic carbocycles. The minimum Gasteiger partial charge on any atom is -0.478 e. The van der Waals surface area contributed by atoms with Crippen molar-refractivity contribution in [2.24, 2.45) is 7.05 Å². The van der Waals surface area contributed by atoms with Gasteiger partial charge in [0.15, 0.2) is 0 Å². The van der Waals surface area contributed by atoms with Crippen molar-refractivity contribution in [2.75, 3.05) is 0 Å². The quantitative estimate of drug-likeness (QED) is 0.906. The van der Waals surface area contributed by atoms with Crippen molar-refractivity contribution < 1.29 is 14.1 Å². The fourth-order valence-corrected chi connectivity index (χ4v) is 2.59. The van der Waals surface area contributed by atoms with E-state index < -0.39 is 16.8 Å². The molecule has 1 heterocycles. The molecule has 2 aromatic rings. The summed E-state index contributed by atoms with van der Waals surface area (Å²) in [7, 11) is 0.611. The van der Waals surface area contributed by atoms with Crippen molar-refractivity contribution in [2.45, 2.75) is 10.6 Å². The van der Waals surface area contributed by atoms with Gasteiger partial charge in [-0.3, -0.25) is 8.89 Å². The summed E-state index contributed by atoms with van der Waals surface area (Å²) in [6.07, 6.45) is 3.48. The first-order chi connectivity index (χ1) is 8.56. The summed E-state index contributed by atoms with van der Waals surface area (Å²) in [4.78, 5) is 11.3. The van der Waals surface area contributed by atoms with E-state index in [1.807, 2.05) is 6.20 Å². The van der Waals surface area contributed by atoms with Gasteiger partial charge in [0, 0.05) is 23.7 Å². The number of aryl methyl sites for hydroxylation is 1. The van der Waals surface area contributed by atoms with Crippen molar-refractivity contribution in [3.8, 4) is 0 Å². The number of nitrogens with zero attached hydrogens (tertiary/aromatic N) is 2. The SMILES string of the molecule is Cn1cc(CS(=O)c2ccc(C(=O)O)cc2)cn1. The molecule has 1 N–H and O–H groups in total. The predicted molar refractivity (Wildman–Crippen MR) is 66.7 cm³/mol. The number of benzene rings is 1. The number of aromatic nitrogens is 2. The molecule has 1 atom stereocenters. The molecule has 6 heteroatoms. The highest BCUT2D eigenvalue weighted by atomic mass is 32.2. The molecule has 0 radical (unpaired) electrons. The summed E-state index contributed by atoms with van der Waals surface area (Å²) in [5.41, 5.74) is 1.08. The van der Waals surface area contributed by atoms with E-state index in [0.717, 1.165) is 5.56 Å². The molecule has 0 aliphatic carbocycles. The monoisotopic (exact) mass is 264 g/mol. The minimum atomic E-state index is -1.19. The van der Waals surface area contributed by atoms with Crippen LogP contribution in [0.2, 0.25) is 0 Å². The molecule has 1 unspecified atom stereocenters. The third-order valence-corrected chi connectivity index (χ3v) is 3.81. The van der Waals surface area contributed by atoms with Gasteiger partial charge in [-0.25, -0.2) is 4.79 Å². The molecule has 5 nitrogen and oxygen atoms in total. The Morgan fingerprint density at radius 3 is 2.56 bits per heavy atom. The van der Waals surface area contributed by atoms with Gasteiger partial charge in [-0.15, -0.1) is 0 Å². The molecule has 0 bridgehead atoms. The van der Waals surface area contributed by atoms with E-state index in [0.29, 0.717) is 10.6 Å². The van der Waals surface area contributed by atoms with Gasteiger partial charge in [-0.2, -0.15) is 5.10 Å². The van der Waals surface area contributed by atoms with Crippen LogP contribution >= 0.6 is 0 Å². The number of rotatable bonds is 4. The van der Waals surface area contributed by atoms with E-state index in [1.54, 1.807) is 30.1 Å². The fourth-order valence-electron chi connectivity index (χ4n) is 1.53. The maximum absolute atomic E-state index is 12.0. The zero-order valence-corrected chi connectivity index (χ0v) is 10.6. The van der Waals surface area contributed by atoms with Crippen LogP contribution in [0.4, 0.5) is 0 Å². The van der Waals surface area contributed by atoms with E-state index in [1.165, 1.54) is 12.1 Å². The summed E-state index contributed by atoms with van der Waals surface area (Å²) in [5.74, 6) is -0.611. The molecule has 0 amide bonds. The largest absolute Gasteiger partial charge is 0.478 e. The van der Waals surface area contributed by atoms with Crippen LogP contribution in [0, 0.1) is 0 Å². The molecule has 2 rings (SSSR count). The molecule has 0 fully saturated rings. The Morgan fingerprint density at radius 2 is 2.06 bits per heavy atom. The van der Waals surface area contributed by atoms with Crippen LogP contribution in [-0.2, 0) is 23.6 Å². The standard InChI is InChI=1S/C12H12N2O3S/c1-14-7-9(6-13-14)8-18(17)11-4-2-10(3-5-11)12(15)16/h2-7H,8H2,1H3,(H,15,16). The molecule has 0 aliphatic rings. The lowest BCUT2D eigenvalue weighted by Crippen LogP contribution is -1.99. The molecule has 18 heavy (non-hydrogen) atoms. The topological polar surface area (TPSA) is 72.2 Å². The highest BCUT2D eigenvalue weighted by Gasteiger charge is 2.08. The van der Waals surface area contributed by atoms with Crippen LogP contribution in [0.3, 0.4) is 0 Å². The maximum Gasteiger partial charge on any atom is 0.335 e.